The SMILES string of the molecule is CC(=O)c1c(C)[nH]c(C(=O)COC(=O)CNC(=O)c2ccc3c(c2)OCO3)c1C. The molecule has 0 atom stereocenters. The van der Waals surface area contributed by atoms with Gasteiger partial charge in [0.05, 0.1) is 5.69 Å². The van der Waals surface area contributed by atoms with Crippen molar-refractivity contribution in [2.75, 3.05) is 19.9 Å². The molecule has 2 N–H and O–H groups in total. The first-order valence-corrected chi connectivity index (χ1v) is 8.84. The fourth-order valence-electron chi connectivity index (χ4n) is 3.12. The van der Waals surface area contributed by atoms with Crippen LogP contribution >= 0.6 is 0 Å². The summed E-state index contributed by atoms with van der Waals surface area (Å²) in [5.74, 6) is -0.879. The Bertz CT molecular complexity index is 1010. The number of aryl methyl sites for hydroxylation is 1. The molecule has 0 saturated carbocycles. The molecule has 2 aromatic rings. The molecule has 29 heavy (non-hydrogen) atoms. The van der Waals surface area contributed by atoms with Crippen LogP contribution in [0.5, 0.6) is 11.5 Å². The van der Waals surface area contributed by atoms with Gasteiger partial charge in [-0.1, -0.05) is 0 Å². The molecular formula is C20H20N2O7. The molecule has 152 valence electrons. The molecular weight excluding hydrogens is 380 g/mol. The maximum absolute atomic E-state index is 12.3. The number of Topliss-reactive ketones (excluding diaryl/α,β-unsaturated/α-hetero) is 2. The predicted molar refractivity (Wildman–Crippen MR) is 100 cm³/mol. The van der Waals surface area contributed by atoms with Gasteiger partial charge in [0.2, 0.25) is 12.6 Å². The number of benzene rings is 1. The van der Waals surface area contributed by atoms with Gasteiger partial charge in [0.25, 0.3) is 5.91 Å². The summed E-state index contributed by atoms with van der Waals surface area (Å²) in [7, 11) is 0. The third kappa shape index (κ3) is 4.29. The number of aromatic nitrogens is 1. The van der Waals surface area contributed by atoms with E-state index in [9.17, 15) is 19.2 Å². The Balaban J connectivity index is 1.51. The van der Waals surface area contributed by atoms with Crippen molar-refractivity contribution in [2.45, 2.75) is 20.8 Å². The van der Waals surface area contributed by atoms with Crippen molar-refractivity contribution in [3.05, 3.63) is 46.3 Å². The number of nitrogens with one attached hydrogen (secondary N) is 2. The minimum Gasteiger partial charge on any atom is -0.456 e. The quantitative estimate of drug-likeness (QED) is 0.536. The molecule has 0 aliphatic carbocycles. The van der Waals surface area contributed by atoms with Gasteiger partial charge >= 0.3 is 5.97 Å². The van der Waals surface area contributed by atoms with Crippen LogP contribution in [-0.4, -0.2) is 48.4 Å². The van der Waals surface area contributed by atoms with Crippen molar-refractivity contribution in [2.24, 2.45) is 0 Å². The second-order valence-corrected chi connectivity index (χ2v) is 6.52. The largest absolute Gasteiger partial charge is 0.456 e. The van der Waals surface area contributed by atoms with Gasteiger partial charge < -0.3 is 24.5 Å². The van der Waals surface area contributed by atoms with Crippen LogP contribution in [-0.2, 0) is 9.53 Å². The smallest absolute Gasteiger partial charge is 0.325 e. The van der Waals surface area contributed by atoms with Crippen molar-refractivity contribution in [1.29, 1.82) is 0 Å². The third-order valence-electron chi connectivity index (χ3n) is 4.46. The molecule has 9 nitrogen and oxygen atoms in total. The maximum Gasteiger partial charge on any atom is 0.325 e. The van der Waals surface area contributed by atoms with Crippen LogP contribution in [0.15, 0.2) is 18.2 Å². The van der Waals surface area contributed by atoms with E-state index in [2.05, 4.69) is 10.3 Å². The molecule has 1 aromatic carbocycles. The molecule has 1 aliphatic rings. The monoisotopic (exact) mass is 400 g/mol. The molecule has 2 heterocycles. The summed E-state index contributed by atoms with van der Waals surface area (Å²) in [6.07, 6.45) is 0. The number of carbonyl (C=O) groups excluding carboxylic acids is 4. The highest BCUT2D eigenvalue weighted by Crippen LogP contribution is 2.32. The van der Waals surface area contributed by atoms with Crippen molar-refractivity contribution in [1.82, 2.24) is 10.3 Å². The second kappa shape index (κ2) is 8.17. The van der Waals surface area contributed by atoms with Crippen molar-refractivity contribution >= 4 is 23.4 Å². The number of aromatic amines is 1. The zero-order valence-electron chi connectivity index (χ0n) is 16.2. The average molecular weight is 400 g/mol. The Morgan fingerprint density at radius 3 is 2.55 bits per heavy atom. The number of fused-ring (bicyclic) bond motifs is 1. The van der Waals surface area contributed by atoms with Crippen LogP contribution in [0.4, 0.5) is 0 Å². The summed E-state index contributed by atoms with van der Waals surface area (Å²) in [6.45, 7) is 3.95. The van der Waals surface area contributed by atoms with E-state index >= 15 is 0 Å². The van der Waals surface area contributed by atoms with E-state index < -0.39 is 30.8 Å². The van der Waals surface area contributed by atoms with Gasteiger partial charge in [-0.05, 0) is 44.5 Å². The van der Waals surface area contributed by atoms with E-state index in [1.807, 2.05) is 0 Å². The minimum absolute atomic E-state index is 0.0917. The van der Waals surface area contributed by atoms with E-state index in [1.54, 1.807) is 26.0 Å². The van der Waals surface area contributed by atoms with Crippen LogP contribution < -0.4 is 14.8 Å². The molecule has 0 bridgehead atoms. The summed E-state index contributed by atoms with van der Waals surface area (Å²) < 4.78 is 15.3. The molecule has 0 unspecified atom stereocenters. The third-order valence-corrected chi connectivity index (χ3v) is 4.46. The topological polar surface area (TPSA) is 124 Å². The Morgan fingerprint density at radius 2 is 1.86 bits per heavy atom. The summed E-state index contributed by atoms with van der Waals surface area (Å²) in [4.78, 5) is 50.8. The van der Waals surface area contributed by atoms with Gasteiger partial charge in [0.15, 0.2) is 23.9 Å². The highest BCUT2D eigenvalue weighted by Gasteiger charge is 2.21. The summed E-state index contributed by atoms with van der Waals surface area (Å²) in [5, 5.41) is 2.42. The molecule has 0 spiro atoms. The fourth-order valence-corrected chi connectivity index (χ4v) is 3.12. The maximum atomic E-state index is 12.3. The van der Waals surface area contributed by atoms with Crippen LogP contribution in [0.2, 0.25) is 0 Å². The number of esters is 1. The van der Waals surface area contributed by atoms with Gasteiger partial charge in [-0.2, -0.15) is 0 Å². The van der Waals surface area contributed by atoms with Crippen LogP contribution in [0.3, 0.4) is 0 Å². The molecule has 9 heteroatoms. The zero-order valence-corrected chi connectivity index (χ0v) is 16.2. The number of ketones is 2. The Labute approximate surface area is 166 Å². The lowest BCUT2D eigenvalue weighted by Crippen LogP contribution is -2.31. The van der Waals surface area contributed by atoms with E-state index in [0.29, 0.717) is 33.9 Å². The molecule has 0 radical (unpaired) electrons. The van der Waals surface area contributed by atoms with Crippen LogP contribution in [0, 0.1) is 13.8 Å². The number of carbonyl (C=O) groups is 4. The number of H-pyrrole nitrogens is 1. The number of hydrogen-bond donors (Lipinski definition) is 2. The van der Waals surface area contributed by atoms with E-state index in [4.69, 9.17) is 14.2 Å². The first-order chi connectivity index (χ1) is 13.8. The van der Waals surface area contributed by atoms with Gasteiger partial charge in [-0.25, -0.2) is 0 Å². The van der Waals surface area contributed by atoms with E-state index in [-0.39, 0.29) is 18.3 Å². The molecule has 0 saturated heterocycles. The van der Waals surface area contributed by atoms with Gasteiger partial charge in [0, 0.05) is 16.8 Å². The van der Waals surface area contributed by atoms with Crippen molar-refractivity contribution in [3.8, 4) is 11.5 Å². The number of hydrogen-bond acceptors (Lipinski definition) is 7. The molecule has 1 aromatic heterocycles. The standard InChI is InChI=1S/C20H20N2O7/c1-10-18(12(3)23)11(2)22-19(10)14(24)8-27-17(25)7-21-20(26)13-4-5-15-16(6-13)29-9-28-15/h4-6,22H,7-9H2,1-3H3,(H,21,26). The van der Waals surface area contributed by atoms with Crippen molar-refractivity contribution < 1.29 is 33.4 Å². The lowest BCUT2D eigenvalue weighted by molar-refractivity contribution is -0.141. The fraction of sp³-hybridized carbons (Fsp3) is 0.300. The summed E-state index contributed by atoms with van der Waals surface area (Å²) >= 11 is 0. The normalized spacial score (nSPS) is 11.8. The molecule has 1 amide bonds. The first-order valence-electron chi connectivity index (χ1n) is 8.84. The zero-order chi connectivity index (χ0) is 21.1. The summed E-state index contributed by atoms with van der Waals surface area (Å²) in [6, 6.07) is 4.65. The van der Waals surface area contributed by atoms with Gasteiger partial charge in [0.1, 0.15) is 6.54 Å². The number of rotatable bonds is 7. The lowest BCUT2D eigenvalue weighted by atomic mass is 10.1. The Kier molecular flexibility index (Phi) is 5.67. The second-order valence-electron chi connectivity index (χ2n) is 6.52. The van der Waals surface area contributed by atoms with Gasteiger partial charge in [-0.3, -0.25) is 19.2 Å². The molecule has 0 fully saturated rings. The molecule has 3 rings (SSSR count). The Hall–Kier alpha value is -3.62. The van der Waals surface area contributed by atoms with Crippen LogP contribution in [0.1, 0.15) is 49.4 Å². The van der Waals surface area contributed by atoms with Gasteiger partial charge in [-0.15, -0.1) is 0 Å². The van der Waals surface area contributed by atoms with E-state index in [0.717, 1.165) is 0 Å². The van der Waals surface area contributed by atoms with E-state index in [1.165, 1.54) is 13.0 Å². The predicted octanol–water partition coefficient (Wildman–Crippen LogP) is 1.72. The molecule has 1 aliphatic heterocycles. The minimum atomic E-state index is -0.764. The lowest BCUT2D eigenvalue weighted by Gasteiger charge is -2.07. The number of ether oxygens (including phenoxy) is 3. The summed E-state index contributed by atoms with van der Waals surface area (Å²) in [5.41, 5.74) is 2.08. The first kappa shape index (κ1) is 20.1. The average Bonchev–Trinajstić information content (AvgIpc) is 3.27. The Morgan fingerprint density at radius 1 is 1.14 bits per heavy atom. The van der Waals surface area contributed by atoms with Crippen molar-refractivity contribution in [3.63, 3.8) is 0 Å². The highest BCUT2D eigenvalue weighted by molar-refractivity contribution is 6.04. The highest BCUT2D eigenvalue weighted by atomic mass is 16.7. The van der Waals surface area contributed by atoms with Crippen LogP contribution in [0.25, 0.3) is 0 Å². The number of amides is 1.